The zero-order chi connectivity index (χ0) is 18.7. The molecule has 0 bridgehead atoms. The molecule has 1 amide bonds. The molecule has 2 aromatic rings. The standard InChI is InChI=1S/C18H18N2O5S/c1-26(23,24)20-15-9-5-2-6-12(15)11-19-17(21)10-16-13-7-3-4-8-14(13)18(22)25-16/h2-9,16,20H,10-11H2,1H3,(H,19,21)/t16-/m0/s1. The van der Waals surface area contributed by atoms with Gasteiger partial charge in [0.2, 0.25) is 15.9 Å². The molecule has 3 rings (SSSR count). The maximum atomic E-state index is 12.2. The molecule has 0 radical (unpaired) electrons. The van der Waals surface area contributed by atoms with Crippen LogP contribution in [0.5, 0.6) is 0 Å². The Bertz CT molecular complexity index is 956. The number of carbonyl (C=O) groups is 2. The highest BCUT2D eigenvalue weighted by molar-refractivity contribution is 7.92. The third kappa shape index (κ3) is 4.20. The fraction of sp³-hybridized carbons (Fsp3) is 0.222. The topological polar surface area (TPSA) is 102 Å². The van der Waals surface area contributed by atoms with E-state index >= 15 is 0 Å². The maximum Gasteiger partial charge on any atom is 0.339 e. The van der Waals surface area contributed by atoms with Crippen molar-refractivity contribution in [1.29, 1.82) is 0 Å². The molecule has 8 heteroatoms. The third-order valence-electron chi connectivity index (χ3n) is 3.94. The zero-order valence-corrected chi connectivity index (χ0v) is 14.9. The highest BCUT2D eigenvalue weighted by Gasteiger charge is 2.31. The Morgan fingerprint density at radius 2 is 1.81 bits per heavy atom. The van der Waals surface area contributed by atoms with E-state index in [1.807, 2.05) is 0 Å². The van der Waals surface area contributed by atoms with Crippen LogP contribution < -0.4 is 10.0 Å². The lowest BCUT2D eigenvalue weighted by Gasteiger charge is -2.13. The van der Waals surface area contributed by atoms with E-state index in [2.05, 4.69) is 10.0 Å². The first kappa shape index (κ1) is 17.9. The van der Waals surface area contributed by atoms with E-state index in [9.17, 15) is 18.0 Å². The molecule has 1 aliphatic rings. The Labute approximate surface area is 151 Å². The Balaban J connectivity index is 1.63. The molecule has 0 fully saturated rings. The number of carbonyl (C=O) groups excluding carboxylic acids is 2. The first-order chi connectivity index (χ1) is 12.3. The lowest BCUT2D eigenvalue weighted by Crippen LogP contribution is -2.25. The quantitative estimate of drug-likeness (QED) is 0.753. The van der Waals surface area contributed by atoms with Crippen LogP contribution in [0, 0.1) is 0 Å². The summed E-state index contributed by atoms with van der Waals surface area (Å²) in [6, 6.07) is 13.8. The van der Waals surface area contributed by atoms with E-state index in [4.69, 9.17) is 4.74 Å². The van der Waals surface area contributed by atoms with Gasteiger partial charge in [-0.2, -0.15) is 0 Å². The lowest BCUT2D eigenvalue weighted by atomic mass is 10.0. The number of nitrogens with one attached hydrogen (secondary N) is 2. The number of sulfonamides is 1. The van der Waals surface area contributed by atoms with Gasteiger partial charge in [0.05, 0.1) is 23.9 Å². The van der Waals surface area contributed by atoms with Gasteiger partial charge in [-0.25, -0.2) is 13.2 Å². The lowest BCUT2D eigenvalue weighted by molar-refractivity contribution is -0.123. The summed E-state index contributed by atoms with van der Waals surface area (Å²) in [6.45, 7) is 0.153. The molecule has 136 valence electrons. The molecule has 7 nitrogen and oxygen atoms in total. The molecule has 0 aliphatic carbocycles. The number of esters is 1. The molecule has 0 saturated carbocycles. The van der Waals surface area contributed by atoms with Gasteiger partial charge in [0.25, 0.3) is 0 Å². The molecule has 1 heterocycles. The summed E-state index contributed by atoms with van der Waals surface area (Å²) in [5.41, 5.74) is 2.22. The van der Waals surface area contributed by atoms with Crippen LogP contribution in [-0.4, -0.2) is 26.6 Å². The normalized spacial score (nSPS) is 15.9. The molecule has 0 aromatic heterocycles. The molecule has 2 aromatic carbocycles. The Hall–Kier alpha value is -2.87. The van der Waals surface area contributed by atoms with Gasteiger partial charge in [-0.05, 0) is 17.7 Å². The minimum Gasteiger partial charge on any atom is -0.453 e. The fourth-order valence-electron chi connectivity index (χ4n) is 2.78. The van der Waals surface area contributed by atoms with Gasteiger partial charge in [0.15, 0.2) is 0 Å². The second-order valence-electron chi connectivity index (χ2n) is 5.99. The highest BCUT2D eigenvalue weighted by Crippen LogP contribution is 2.32. The third-order valence-corrected chi connectivity index (χ3v) is 4.53. The average molecular weight is 374 g/mol. The van der Waals surface area contributed by atoms with Crippen molar-refractivity contribution in [2.75, 3.05) is 11.0 Å². The minimum atomic E-state index is -3.42. The second-order valence-corrected chi connectivity index (χ2v) is 7.74. The summed E-state index contributed by atoms with van der Waals surface area (Å²) in [6.07, 6.45) is 0.460. The minimum absolute atomic E-state index is 0.00439. The molecule has 26 heavy (non-hydrogen) atoms. The van der Waals surface area contributed by atoms with Gasteiger partial charge < -0.3 is 10.1 Å². The van der Waals surface area contributed by atoms with Crippen LogP contribution in [0.4, 0.5) is 5.69 Å². The van der Waals surface area contributed by atoms with Gasteiger partial charge in [-0.15, -0.1) is 0 Å². The van der Waals surface area contributed by atoms with Gasteiger partial charge in [0.1, 0.15) is 6.10 Å². The van der Waals surface area contributed by atoms with Crippen LogP contribution in [0.1, 0.15) is 34.0 Å². The van der Waals surface area contributed by atoms with Crippen LogP contribution in [0.3, 0.4) is 0 Å². The number of hydrogen-bond donors (Lipinski definition) is 2. The van der Waals surface area contributed by atoms with Crippen LogP contribution in [-0.2, 0) is 26.1 Å². The monoisotopic (exact) mass is 374 g/mol. The molecule has 0 unspecified atom stereocenters. The van der Waals surface area contributed by atoms with Gasteiger partial charge >= 0.3 is 5.97 Å². The smallest absolute Gasteiger partial charge is 0.339 e. The number of fused-ring (bicyclic) bond motifs is 1. The summed E-state index contributed by atoms with van der Waals surface area (Å²) < 4.78 is 30.5. The number of cyclic esters (lactones) is 1. The van der Waals surface area contributed by atoms with Gasteiger partial charge in [0, 0.05) is 12.1 Å². The van der Waals surface area contributed by atoms with Crippen LogP contribution in [0.25, 0.3) is 0 Å². The number of rotatable bonds is 6. The molecular formula is C18H18N2O5S. The molecule has 2 N–H and O–H groups in total. The summed E-state index contributed by atoms with van der Waals surface area (Å²) in [4.78, 5) is 24.0. The summed E-state index contributed by atoms with van der Waals surface area (Å²) in [5.74, 6) is -0.727. The SMILES string of the molecule is CS(=O)(=O)Nc1ccccc1CNC(=O)C[C@@H]1OC(=O)c2ccccc21. The van der Waals surface area contributed by atoms with Crippen molar-refractivity contribution in [3.63, 3.8) is 0 Å². The second kappa shape index (κ2) is 7.17. The Kier molecular flexibility index (Phi) is 4.94. The van der Waals surface area contributed by atoms with E-state index in [1.54, 1.807) is 48.5 Å². The number of benzene rings is 2. The van der Waals surface area contributed by atoms with Crippen LogP contribution >= 0.6 is 0 Å². The molecule has 0 spiro atoms. The first-order valence-electron chi connectivity index (χ1n) is 7.96. The molecule has 1 aliphatic heterocycles. The number of ether oxygens (including phenoxy) is 1. The largest absolute Gasteiger partial charge is 0.453 e. The van der Waals surface area contributed by atoms with E-state index in [-0.39, 0.29) is 18.9 Å². The number of hydrogen-bond acceptors (Lipinski definition) is 5. The summed E-state index contributed by atoms with van der Waals surface area (Å²) in [5, 5.41) is 2.73. The van der Waals surface area contributed by atoms with Crippen molar-refractivity contribution in [2.45, 2.75) is 19.1 Å². The number of anilines is 1. The van der Waals surface area contributed by atoms with E-state index in [0.717, 1.165) is 6.26 Å². The van der Waals surface area contributed by atoms with Crippen molar-refractivity contribution in [3.05, 3.63) is 65.2 Å². The van der Waals surface area contributed by atoms with Crippen molar-refractivity contribution in [2.24, 2.45) is 0 Å². The fourth-order valence-corrected chi connectivity index (χ4v) is 3.38. The van der Waals surface area contributed by atoms with Gasteiger partial charge in [-0.1, -0.05) is 36.4 Å². The Morgan fingerprint density at radius 1 is 1.12 bits per heavy atom. The molecule has 0 saturated heterocycles. The number of para-hydroxylation sites is 1. The van der Waals surface area contributed by atoms with E-state index < -0.39 is 22.1 Å². The summed E-state index contributed by atoms with van der Waals surface area (Å²) in [7, 11) is -3.42. The first-order valence-corrected chi connectivity index (χ1v) is 9.85. The molecule has 1 atom stereocenters. The predicted octanol–water partition coefficient (Wildman–Crippen LogP) is 1.98. The predicted molar refractivity (Wildman–Crippen MR) is 96.0 cm³/mol. The van der Waals surface area contributed by atoms with Crippen molar-refractivity contribution < 1.29 is 22.7 Å². The van der Waals surface area contributed by atoms with E-state index in [1.165, 1.54) is 0 Å². The van der Waals surface area contributed by atoms with Gasteiger partial charge in [-0.3, -0.25) is 9.52 Å². The zero-order valence-electron chi connectivity index (χ0n) is 14.1. The van der Waals surface area contributed by atoms with Crippen molar-refractivity contribution >= 4 is 27.6 Å². The van der Waals surface area contributed by atoms with Crippen LogP contribution in [0.15, 0.2) is 48.5 Å². The van der Waals surface area contributed by atoms with Crippen molar-refractivity contribution in [1.82, 2.24) is 5.32 Å². The van der Waals surface area contributed by atoms with E-state index in [0.29, 0.717) is 22.4 Å². The molecular weight excluding hydrogens is 356 g/mol. The number of amides is 1. The summed E-state index contributed by atoms with van der Waals surface area (Å²) >= 11 is 0. The van der Waals surface area contributed by atoms with Crippen molar-refractivity contribution in [3.8, 4) is 0 Å². The maximum absolute atomic E-state index is 12.2. The Morgan fingerprint density at radius 3 is 2.58 bits per heavy atom. The van der Waals surface area contributed by atoms with Crippen LogP contribution in [0.2, 0.25) is 0 Å². The average Bonchev–Trinajstić information content (AvgIpc) is 2.89. The highest BCUT2D eigenvalue weighted by atomic mass is 32.2.